The molecule has 0 bridgehead atoms. The molecule has 28 heavy (non-hydrogen) atoms. The highest BCUT2D eigenvalue weighted by Gasteiger charge is 2.30. The summed E-state index contributed by atoms with van der Waals surface area (Å²) in [6, 6.07) is 5.75. The maximum Gasteiger partial charge on any atom is 0.328 e. The van der Waals surface area contributed by atoms with Gasteiger partial charge in [-0.3, -0.25) is 13.9 Å². The number of morpholine rings is 1. The Morgan fingerprint density at radius 2 is 1.86 bits per heavy atom. The highest BCUT2D eigenvalue weighted by Crippen LogP contribution is 2.32. The zero-order valence-corrected chi connectivity index (χ0v) is 16.7. The van der Waals surface area contributed by atoms with E-state index in [0.717, 1.165) is 42.5 Å². The van der Waals surface area contributed by atoms with Crippen molar-refractivity contribution in [1.29, 1.82) is 0 Å². The zero-order chi connectivity index (χ0) is 19.7. The third kappa shape index (κ3) is 3.55. The van der Waals surface area contributed by atoms with Gasteiger partial charge < -0.3 is 14.4 Å². The third-order valence-electron chi connectivity index (χ3n) is 6.31. The number of amides is 1. The van der Waals surface area contributed by atoms with Crippen LogP contribution in [0.2, 0.25) is 0 Å². The molecule has 7 nitrogen and oxygen atoms in total. The number of ether oxygens (including phenoxy) is 2. The molecule has 0 spiro atoms. The predicted molar refractivity (Wildman–Crippen MR) is 107 cm³/mol. The lowest BCUT2D eigenvalue weighted by Gasteiger charge is -2.34. The quantitative estimate of drug-likeness (QED) is 0.805. The molecule has 0 unspecified atom stereocenters. The molecule has 4 rings (SSSR count). The first-order chi connectivity index (χ1) is 13.6. The van der Waals surface area contributed by atoms with Gasteiger partial charge >= 0.3 is 5.69 Å². The van der Waals surface area contributed by atoms with Crippen LogP contribution in [0.4, 0.5) is 0 Å². The molecule has 1 amide bonds. The molecule has 0 atom stereocenters. The average molecular weight is 387 g/mol. The highest BCUT2D eigenvalue weighted by molar-refractivity contribution is 5.79. The fourth-order valence-corrected chi connectivity index (χ4v) is 4.59. The Labute approximate surface area is 164 Å². The van der Waals surface area contributed by atoms with Crippen molar-refractivity contribution in [2.75, 3.05) is 33.4 Å². The summed E-state index contributed by atoms with van der Waals surface area (Å²) in [4.78, 5) is 27.4. The fraction of sp³-hybridized carbons (Fsp3) is 0.619. The minimum atomic E-state index is 0.00905. The highest BCUT2D eigenvalue weighted by atomic mass is 16.5. The second-order valence-electron chi connectivity index (χ2n) is 7.96. The first-order valence-corrected chi connectivity index (χ1v) is 10.2. The van der Waals surface area contributed by atoms with Crippen molar-refractivity contribution in [3.63, 3.8) is 0 Å². The largest absolute Gasteiger partial charge is 0.497 e. The van der Waals surface area contributed by atoms with E-state index in [4.69, 9.17) is 9.47 Å². The molecular weight excluding hydrogens is 358 g/mol. The van der Waals surface area contributed by atoms with Gasteiger partial charge in [0.1, 0.15) is 5.75 Å². The Kier molecular flexibility index (Phi) is 5.44. The number of hydrogen-bond donors (Lipinski definition) is 0. The van der Waals surface area contributed by atoms with Gasteiger partial charge in [0.05, 0.1) is 31.4 Å². The standard InChI is InChI=1S/C21H29N3O4/c1-22-18-8-7-17(27-2)13-19(18)24(21(22)26)14-15-3-5-16(6-4-15)20(25)23-9-11-28-12-10-23/h7-8,13,15-16H,3-6,9-12,14H2,1-2H3/t15-,16-. The van der Waals surface area contributed by atoms with Crippen LogP contribution >= 0.6 is 0 Å². The van der Waals surface area contributed by atoms with Crippen molar-refractivity contribution in [1.82, 2.24) is 14.0 Å². The van der Waals surface area contributed by atoms with Crippen LogP contribution in [-0.4, -0.2) is 53.4 Å². The van der Waals surface area contributed by atoms with E-state index < -0.39 is 0 Å². The van der Waals surface area contributed by atoms with Gasteiger partial charge in [-0.25, -0.2) is 4.79 Å². The molecule has 0 radical (unpaired) electrons. The van der Waals surface area contributed by atoms with Crippen LogP contribution in [0.5, 0.6) is 5.75 Å². The van der Waals surface area contributed by atoms with Gasteiger partial charge in [-0.05, 0) is 43.7 Å². The first kappa shape index (κ1) is 19.1. The number of nitrogens with zero attached hydrogens (tertiary/aromatic N) is 3. The van der Waals surface area contributed by atoms with Gasteiger partial charge in [-0.1, -0.05) is 0 Å². The van der Waals surface area contributed by atoms with Gasteiger partial charge in [0, 0.05) is 38.7 Å². The summed E-state index contributed by atoms with van der Waals surface area (Å²) in [5, 5.41) is 0. The van der Waals surface area contributed by atoms with Crippen LogP contribution < -0.4 is 10.4 Å². The van der Waals surface area contributed by atoms with Gasteiger partial charge in [0.2, 0.25) is 5.91 Å². The number of imidazole rings is 1. The van der Waals surface area contributed by atoms with Gasteiger partial charge in [-0.15, -0.1) is 0 Å². The Balaban J connectivity index is 1.44. The second-order valence-corrected chi connectivity index (χ2v) is 7.96. The summed E-state index contributed by atoms with van der Waals surface area (Å²) in [6.07, 6.45) is 3.77. The number of fused-ring (bicyclic) bond motifs is 1. The van der Waals surface area contributed by atoms with E-state index in [1.165, 1.54) is 0 Å². The van der Waals surface area contributed by atoms with Crippen LogP contribution in [0.3, 0.4) is 0 Å². The maximum absolute atomic E-state index is 12.8. The molecule has 2 aliphatic rings. The minimum absolute atomic E-state index is 0.00905. The van der Waals surface area contributed by atoms with E-state index in [0.29, 0.717) is 38.8 Å². The summed E-state index contributed by atoms with van der Waals surface area (Å²) in [7, 11) is 3.45. The van der Waals surface area contributed by atoms with Crippen LogP contribution in [0, 0.1) is 11.8 Å². The van der Waals surface area contributed by atoms with Gasteiger partial charge in [0.25, 0.3) is 0 Å². The molecule has 1 aromatic carbocycles. The lowest BCUT2D eigenvalue weighted by Crippen LogP contribution is -2.44. The van der Waals surface area contributed by atoms with E-state index in [9.17, 15) is 9.59 Å². The Morgan fingerprint density at radius 1 is 1.14 bits per heavy atom. The lowest BCUT2D eigenvalue weighted by atomic mass is 9.81. The summed E-state index contributed by atoms with van der Waals surface area (Å²) >= 11 is 0. The smallest absolute Gasteiger partial charge is 0.328 e. The van der Waals surface area contributed by atoms with Crippen molar-refractivity contribution in [2.45, 2.75) is 32.2 Å². The van der Waals surface area contributed by atoms with Crippen molar-refractivity contribution < 1.29 is 14.3 Å². The van der Waals surface area contributed by atoms with Crippen molar-refractivity contribution in [2.24, 2.45) is 18.9 Å². The van der Waals surface area contributed by atoms with Crippen LogP contribution in [0.1, 0.15) is 25.7 Å². The molecule has 152 valence electrons. The van der Waals surface area contributed by atoms with Crippen LogP contribution in [0.15, 0.2) is 23.0 Å². The fourth-order valence-electron chi connectivity index (χ4n) is 4.59. The number of carbonyl (C=O) groups excluding carboxylic acids is 1. The molecule has 1 aromatic heterocycles. The summed E-state index contributed by atoms with van der Waals surface area (Å²) < 4.78 is 14.3. The maximum atomic E-state index is 12.8. The summed E-state index contributed by atoms with van der Waals surface area (Å²) in [5.74, 6) is 1.59. The monoisotopic (exact) mass is 387 g/mol. The van der Waals surface area contributed by atoms with Crippen LogP contribution in [-0.2, 0) is 23.1 Å². The van der Waals surface area contributed by atoms with Gasteiger partial charge in [-0.2, -0.15) is 0 Å². The number of aryl methyl sites for hydroxylation is 1. The van der Waals surface area contributed by atoms with E-state index in [2.05, 4.69) is 0 Å². The zero-order valence-electron chi connectivity index (χ0n) is 16.7. The lowest BCUT2D eigenvalue weighted by molar-refractivity contribution is -0.141. The molecule has 2 fully saturated rings. The Hall–Kier alpha value is -2.28. The second kappa shape index (κ2) is 7.99. The molecule has 2 aromatic rings. The molecule has 1 aliphatic carbocycles. The molecular formula is C21H29N3O4. The predicted octanol–water partition coefficient (Wildman–Crippen LogP) is 2.01. The van der Waals surface area contributed by atoms with E-state index >= 15 is 0 Å². The minimum Gasteiger partial charge on any atom is -0.497 e. The van der Waals surface area contributed by atoms with Crippen LogP contribution in [0.25, 0.3) is 11.0 Å². The molecule has 1 saturated carbocycles. The topological polar surface area (TPSA) is 65.7 Å². The van der Waals surface area contributed by atoms with Crippen molar-refractivity contribution in [3.05, 3.63) is 28.7 Å². The molecule has 0 N–H and O–H groups in total. The first-order valence-electron chi connectivity index (χ1n) is 10.2. The Bertz CT molecular complexity index is 902. The van der Waals surface area contributed by atoms with Crippen molar-refractivity contribution in [3.8, 4) is 5.75 Å². The molecule has 1 aliphatic heterocycles. The molecule has 2 heterocycles. The molecule has 7 heteroatoms. The van der Waals surface area contributed by atoms with Gasteiger partial charge in [0.15, 0.2) is 0 Å². The average Bonchev–Trinajstić information content (AvgIpc) is 2.98. The summed E-state index contributed by atoms with van der Waals surface area (Å²) in [5.41, 5.74) is 1.84. The third-order valence-corrected chi connectivity index (χ3v) is 6.31. The number of rotatable bonds is 4. The SMILES string of the molecule is COc1ccc2c(c1)n(C[C@H]1CC[C@H](C(=O)N3CCOCC3)CC1)c(=O)n2C. The normalized spacial score (nSPS) is 23.1. The van der Waals surface area contributed by atoms with E-state index in [1.807, 2.05) is 34.7 Å². The van der Waals surface area contributed by atoms with Crippen molar-refractivity contribution >= 4 is 16.9 Å². The number of aromatic nitrogens is 2. The number of benzene rings is 1. The van der Waals surface area contributed by atoms with E-state index in [-0.39, 0.29) is 17.5 Å². The number of hydrogen-bond acceptors (Lipinski definition) is 4. The number of methoxy groups -OCH3 is 1. The van der Waals surface area contributed by atoms with E-state index in [1.54, 1.807) is 11.7 Å². The molecule has 1 saturated heterocycles. The Morgan fingerprint density at radius 3 is 2.54 bits per heavy atom. The summed E-state index contributed by atoms with van der Waals surface area (Å²) in [6.45, 7) is 3.42. The number of carbonyl (C=O) groups is 1.